The molecule has 0 radical (unpaired) electrons. The molecule has 29 heavy (non-hydrogen) atoms. The van der Waals surface area contributed by atoms with E-state index >= 15 is 0 Å². The molecular formula is C23H24N4O2. The van der Waals surface area contributed by atoms with E-state index in [9.17, 15) is 4.79 Å². The average Bonchev–Trinajstić information content (AvgIpc) is 3.49. The predicted molar refractivity (Wildman–Crippen MR) is 113 cm³/mol. The largest absolute Gasteiger partial charge is 0.377 e. The smallest absolute Gasteiger partial charge is 0.247 e. The maximum atomic E-state index is 11.8. The summed E-state index contributed by atoms with van der Waals surface area (Å²) in [5.41, 5.74) is 5.74. The molecule has 1 N–H and O–H groups in total. The van der Waals surface area contributed by atoms with Crippen molar-refractivity contribution in [1.82, 2.24) is 14.8 Å². The van der Waals surface area contributed by atoms with E-state index in [1.54, 1.807) is 13.3 Å². The van der Waals surface area contributed by atoms with Gasteiger partial charge < -0.3 is 10.1 Å². The van der Waals surface area contributed by atoms with Crippen LogP contribution < -0.4 is 5.32 Å². The van der Waals surface area contributed by atoms with Gasteiger partial charge in [-0.2, -0.15) is 5.10 Å². The SMILES string of the molecule is C=CC(=O)Nc1ccc(C(C)OC)c(-c2cnccc2-c2cnn(C3CC3)c2)c1. The van der Waals surface area contributed by atoms with Crippen LogP contribution in [0, 0.1) is 0 Å². The molecule has 0 saturated heterocycles. The maximum absolute atomic E-state index is 11.8. The molecule has 0 spiro atoms. The van der Waals surface area contributed by atoms with E-state index in [2.05, 4.69) is 28.2 Å². The van der Waals surface area contributed by atoms with Crippen molar-refractivity contribution < 1.29 is 9.53 Å². The molecule has 6 heteroatoms. The first kappa shape index (κ1) is 19.1. The van der Waals surface area contributed by atoms with Crippen LogP contribution >= 0.6 is 0 Å². The number of carbonyl (C=O) groups is 1. The van der Waals surface area contributed by atoms with Gasteiger partial charge in [0.1, 0.15) is 0 Å². The second kappa shape index (κ2) is 8.01. The van der Waals surface area contributed by atoms with Crippen LogP contribution in [-0.4, -0.2) is 27.8 Å². The minimum absolute atomic E-state index is 0.114. The number of benzene rings is 1. The minimum atomic E-state index is -0.249. The highest BCUT2D eigenvalue weighted by atomic mass is 16.5. The summed E-state index contributed by atoms with van der Waals surface area (Å²) in [7, 11) is 1.69. The Kier molecular flexibility index (Phi) is 5.27. The number of hydrogen-bond acceptors (Lipinski definition) is 4. The summed E-state index contributed by atoms with van der Waals surface area (Å²) in [6.45, 7) is 5.52. The highest BCUT2D eigenvalue weighted by Gasteiger charge is 2.25. The van der Waals surface area contributed by atoms with Gasteiger partial charge in [-0.1, -0.05) is 12.6 Å². The normalized spacial score (nSPS) is 14.4. The number of aromatic nitrogens is 3. The second-order valence-electron chi connectivity index (χ2n) is 7.23. The lowest BCUT2D eigenvalue weighted by atomic mass is 9.92. The number of amides is 1. The molecule has 0 aliphatic heterocycles. The van der Waals surface area contributed by atoms with Crippen molar-refractivity contribution >= 4 is 11.6 Å². The van der Waals surface area contributed by atoms with Crippen molar-refractivity contribution in [3.63, 3.8) is 0 Å². The molecule has 2 heterocycles. The topological polar surface area (TPSA) is 69.0 Å². The summed E-state index contributed by atoms with van der Waals surface area (Å²) in [6, 6.07) is 8.33. The first-order chi connectivity index (χ1) is 14.1. The fourth-order valence-electron chi connectivity index (χ4n) is 3.42. The standard InChI is InChI=1S/C23H24N4O2/c1-4-23(28)26-17-5-8-19(15(2)29-3)21(11-17)22-13-24-10-9-20(22)16-12-25-27(14-16)18-6-7-18/h4-5,8-15,18H,1,6-7H2,2-3H3,(H,26,28). The second-order valence-corrected chi connectivity index (χ2v) is 7.23. The maximum Gasteiger partial charge on any atom is 0.247 e. The fourth-order valence-corrected chi connectivity index (χ4v) is 3.42. The highest BCUT2D eigenvalue weighted by molar-refractivity contribution is 5.99. The molecule has 1 aliphatic carbocycles. The lowest BCUT2D eigenvalue weighted by molar-refractivity contribution is -0.111. The first-order valence-corrected chi connectivity index (χ1v) is 9.69. The van der Waals surface area contributed by atoms with E-state index in [4.69, 9.17) is 4.74 Å². The highest BCUT2D eigenvalue weighted by Crippen LogP contribution is 2.39. The predicted octanol–water partition coefficient (Wildman–Crippen LogP) is 4.78. The van der Waals surface area contributed by atoms with E-state index in [0.717, 1.165) is 27.8 Å². The van der Waals surface area contributed by atoms with Gasteiger partial charge in [0, 0.05) is 42.5 Å². The van der Waals surface area contributed by atoms with Crippen molar-refractivity contribution in [2.75, 3.05) is 12.4 Å². The zero-order valence-corrected chi connectivity index (χ0v) is 16.6. The Morgan fingerprint density at radius 1 is 1.28 bits per heavy atom. The van der Waals surface area contributed by atoms with Crippen LogP contribution in [0.1, 0.15) is 37.5 Å². The number of rotatable bonds is 7. The van der Waals surface area contributed by atoms with Gasteiger partial charge in [0.05, 0.1) is 18.3 Å². The van der Waals surface area contributed by atoms with Gasteiger partial charge in [-0.15, -0.1) is 0 Å². The molecule has 4 rings (SSSR count). The summed E-state index contributed by atoms with van der Waals surface area (Å²) in [5.74, 6) is -0.249. The van der Waals surface area contributed by atoms with Gasteiger partial charge in [0.2, 0.25) is 5.91 Å². The fraction of sp³-hybridized carbons (Fsp3) is 0.261. The quantitative estimate of drug-likeness (QED) is 0.592. The lowest BCUT2D eigenvalue weighted by Gasteiger charge is -2.18. The van der Waals surface area contributed by atoms with Crippen LogP contribution in [0.4, 0.5) is 5.69 Å². The number of methoxy groups -OCH3 is 1. The number of nitrogens with zero attached hydrogens (tertiary/aromatic N) is 3. The molecule has 0 bridgehead atoms. The van der Waals surface area contributed by atoms with Gasteiger partial charge in [0.15, 0.2) is 0 Å². The first-order valence-electron chi connectivity index (χ1n) is 9.69. The number of hydrogen-bond donors (Lipinski definition) is 1. The molecule has 1 atom stereocenters. The van der Waals surface area contributed by atoms with Crippen LogP contribution in [0.5, 0.6) is 0 Å². The summed E-state index contributed by atoms with van der Waals surface area (Å²) in [6.07, 6.45) is 11.2. The molecule has 6 nitrogen and oxygen atoms in total. The Morgan fingerprint density at radius 3 is 2.83 bits per heavy atom. The van der Waals surface area contributed by atoms with E-state index in [0.29, 0.717) is 11.7 Å². The third-order valence-electron chi connectivity index (χ3n) is 5.24. The van der Waals surface area contributed by atoms with Crippen molar-refractivity contribution in [3.8, 4) is 22.3 Å². The van der Waals surface area contributed by atoms with Gasteiger partial charge >= 0.3 is 0 Å². The minimum Gasteiger partial charge on any atom is -0.377 e. The molecular weight excluding hydrogens is 364 g/mol. The Labute approximate surface area is 170 Å². The number of ether oxygens (including phenoxy) is 1. The molecule has 1 aliphatic rings. The third-order valence-corrected chi connectivity index (χ3v) is 5.24. The zero-order chi connectivity index (χ0) is 20.4. The number of carbonyl (C=O) groups excluding carboxylic acids is 1. The monoisotopic (exact) mass is 388 g/mol. The van der Waals surface area contributed by atoms with Gasteiger partial charge in [0.25, 0.3) is 0 Å². The number of nitrogens with one attached hydrogen (secondary N) is 1. The van der Waals surface area contributed by atoms with E-state index in [1.165, 1.54) is 18.9 Å². The van der Waals surface area contributed by atoms with E-state index < -0.39 is 0 Å². The molecule has 1 amide bonds. The van der Waals surface area contributed by atoms with Gasteiger partial charge in [-0.3, -0.25) is 14.5 Å². The van der Waals surface area contributed by atoms with Crippen LogP contribution in [0.2, 0.25) is 0 Å². The molecule has 3 aromatic rings. The van der Waals surface area contributed by atoms with Gasteiger partial charge in [-0.25, -0.2) is 0 Å². The van der Waals surface area contributed by atoms with Crippen molar-refractivity contribution in [2.24, 2.45) is 0 Å². The van der Waals surface area contributed by atoms with Gasteiger partial charge in [-0.05, 0) is 60.7 Å². The van der Waals surface area contributed by atoms with Crippen LogP contribution in [-0.2, 0) is 9.53 Å². The summed E-state index contributed by atoms with van der Waals surface area (Å²) in [4.78, 5) is 16.2. The third kappa shape index (κ3) is 3.98. The van der Waals surface area contributed by atoms with Crippen LogP contribution in [0.25, 0.3) is 22.3 Å². The van der Waals surface area contributed by atoms with E-state index in [1.807, 2.05) is 48.3 Å². The molecule has 148 valence electrons. The van der Waals surface area contributed by atoms with Crippen molar-refractivity contribution in [1.29, 1.82) is 0 Å². The summed E-state index contributed by atoms with van der Waals surface area (Å²) >= 11 is 0. The molecule has 1 fully saturated rings. The van der Waals surface area contributed by atoms with Crippen LogP contribution in [0.3, 0.4) is 0 Å². The average molecular weight is 388 g/mol. The Balaban J connectivity index is 1.82. The summed E-state index contributed by atoms with van der Waals surface area (Å²) < 4.78 is 7.63. The molecule has 2 aromatic heterocycles. The van der Waals surface area contributed by atoms with Crippen molar-refractivity contribution in [2.45, 2.75) is 31.9 Å². The molecule has 1 unspecified atom stereocenters. The summed E-state index contributed by atoms with van der Waals surface area (Å²) in [5, 5.41) is 7.37. The number of anilines is 1. The lowest BCUT2D eigenvalue weighted by Crippen LogP contribution is -2.08. The molecule has 1 saturated carbocycles. The Hall–Kier alpha value is -3.25. The Bertz CT molecular complexity index is 1050. The van der Waals surface area contributed by atoms with Crippen molar-refractivity contribution in [3.05, 3.63) is 67.3 Å². The van der Waals surface area contributed by atoms with Crippen LogP contribution in [0.15, 0.2) is 61.7 Å². The zero-order valence-electron chi connectivity index (χ0n) is 16.6. The van der Waals surface area contributed by atoms with E-state index in [-0.39, 0.29) is 12.0 Å². The molecule has 1 aromatic carbocycles. The Morgan fingerprint density at radius 2 is 2.10 bits per heavy atom. The number of pyridine rings is 1.